The Kier molecular flexibility index (Phi) is 5.60. The Balaban J connectivity index is 1.66. The number of halogens is 2. The van der Waals surface area contributed by atoms with Gasteiger partial charge in [0.15, 0.2) is 0 Å². The molecule has 0 radical (unpaired) electrons. The van der Waals surface area contributed by atoms with Crippen LogP contribution in [0.3, 0.4) is 0 Å². The van der Waals surface area contributed by atoms with Crippen LogP contribution >= 0.6 is 15.9 Å². The normalized spacial score (nSPS) is 17.0. The van der Waals surface area contributed by atoms with E-state index in [4.69, 9.17) is 0 Å². The van der Waals surface area contributed by atoms with Crippen molar-refractivity contribution >= 4 is 15.9 Å². The lowest BCUT2D eigenvalue weighted by atomic mass is 10.1. The first-order valence-electron chi connectivity index (χ1n) is 6.63. The maximum Gasteiger partial charge on any atom is 0.137 e. The molecule has 0 spiro atoms. The molecule has 2 rings (SSSR count). The number of benzene rings is 1. The van der Waals surface area contributed by atoms with Crippen LogP contribution < -0.4 is 5.32 Å². The molecule has 100 valence electrons. The number of hydrogen-bond acceptors (Lipinski definition) is 2. The van der Waals surface area contributed by atoms with Gasteiger partial charge in [0.1, 0.15) is 5.82 Å². The third-order valence-electron chi connectivity index (χ3n) is 3.37. The summed E-state index contributed by atoms with van der Waals surface area (Å²) in [5.74, 6) is -0.190. The molecule has 1 aliphatic heterocycles. The predicted molar refractivity (Wildman–Crippen MR) is 76.1 cm³/mol. The van der Waals surface area contributed by atoms with E-state index in [1.165, 1.54) is 32.4 Å². The lowest BCUT2D eigenvalue weighted by Crippen LogP contribution is -2.35. The molecule has 1 fully saturated rings. The van der Waals surface area contributed by atoms with E-state index in [1.54, 1.807) is 12.1 Å². The summed E-state index contributed by atoms with van der Waals surface area (Å²) in [4.78, 5) is 2.50. The van der Waals surface area contributed by atoms with Crippen LogP contribution in [0.4, 0.5) is 4.39 Å². The molecule has 0 aromatic heterocycles. The van der Waals surface area contributed by atoms with Gasteiger partial charge in [0.25, 0.3) is 0 Å². The van der Waals surface area contributed by atoms with Crippen molar-refractivity contribution in [1.29, 1.82) is 0 Å². The molecule has 1 saturated heterocycles. The fourth-order valence-electron chi connectivity index (χ4n) is 2.30. The van der Waals surface area contributed by atoms with E-state index in [1.807, 2.05) is 6.07 Å². The van der Waals surface area contributed by atoms with E-state index < -0.39 is 0 Å². The smallest absolute Gasteiger partial charge is 0.137 e. The monoisotopic (exact) mass is 314 g/mol. The van der Waals surface area contributed by atoms with Crippen molar-refractivity contribution in [3.8, 4) is 0 Å². The fourth-order valence-corrected chi connectivity index (χ4v) is 2.55. The van der Waals surface area contributed by atoms with E-state index in [9.17, 15) is 4.39 Å². The zero-order chi connectivity index (χ0) is 12.8. The molecule has 0 aliphatic carbocycles. The van der Waals surface area contributed by atoms with E-state index in [0.717, 1.165) is 25.2 Å². The second-order valence-electron chi connectivity index (χ2n) is 4.83. The van der Waals surface area contributed by atoms with Crippen molar-refractivity contribution in [3.05, 3.63) is 34.1 Å². The third-order valence-corrected chi connectivity index (χ3v) is 4.01. The Morgan fingerprint density at radius 3 is 2.72 bits per heavy atom. The highest BCUT2D eigenvalue weighted by molar-refractivity contribution is 9.10. The summed E-state index contributed by atoms with van der Waals surface area (Å²) in [5.41, 5.74) is 0.995. The molecule has 1 heterocycles. The van der Waals surface area contributed by atoms with Crippen molar-refractivity contribution in [2.45, 2.75) is 25.8 Å². The van der Waals surface area contributed by atoms with Gasteiger partial charge in [-0.25, -0.2) is 4.39 Å². The Morgan fingerprint density at radius 1 is 1.22 bits per heavy atom. The van der Waals surface area contributed by atoms with Crippen LogP contribution in [0.15, 0.2) is 22.7 Å². The maximum atomic E-state index is 13.3. The highest BCUT2D eigenvalue weighted by Gasteiger charge is 2.08. The summed E-state index contributed by atoms with van der Waals surface area (Å²) in [6, 6.07) is 5.29. The summed E-state index contributed by atoms with van der Waals surface area (Å²) in [5, 5.41) is 3.37. The van der Waals surface area contributed by atoms with Gasteiger partial charge in [-0.2, -0.15) is 0 Å². The molecule has 0 bridgehead atoms. The van der Waals surface area contributed by atoms with Gasteiger partial charge in [0.2, 0.25) is 0 Å². The average molecular weight is 315 g/mol. The zero-order valence-electron chi connectivity index (χ0n) is 10.6. The molecule has 1 aliphatic rings. The van der Waals surface area contributed by atoms with Gasteiger partial charge in [-0.1, -0.05) is 12.5 Å². The van der Waals surface area contributed by atoms with Crippen molar-refractivity contribution in [3.63, 3.8) is 0 Å². The molecule has 18 heavy (non-hydrogen) atoms. The van der Waals surface area contributed by atoms with Gasteiger partial charge in [-0.15, -0.1) is 0 Å². The standard InChI is InChI=1S/C14H20BrFN2/c15-13-5-4-12(10-14(13)16)11-17-6-9-18-7-2-1-3-8-18/h4-5,10,17H,1-3,6-9,11H2. The quantitative estimate of drug-likeness (QED) is 0.840. The lowest BCUT2D eigenvalue weighted by Gasteiger charge is -2.26. The first-order valence-corrected chi connectivity index (χ1v) is 7.42. The van der Waals surface area contributed by atoms with Gasteiger partial charge >= 0.3 is 0 Å². The minimum atomic E-state index is -0.190. The molecule has 2 nitrogen and oxygen atoms in total. The van der Waals surface area contributed by atoms with Crippen molar-refractivity contribution in [1.82, 2.24) is 10.2 Å². The second-order valence-corrected chi connectivity index (χ2v) is 5.68. The number of rotatable bonds is 5. The van der Waals surface area contributed by atoms with E-state index >= 15 is 0 Å². The number of likely N-dealkylation sites (tertiary alicyclic amines) is 1. The van der Waals surface area contributed by atoms with E-state index in [2.05, 4.69) is 26.1 Å². The van der Waals surface area contributed by atoms with Crippen LogP contribution in [0.2, 0.25) is 0 Å². The summed E-state index contributed by atoms with van der Waals surface area (Å²) < 4.78 is 13.8. The molecule has 1 aromatic rings. The Labute approximate surface area is 117 Å². The number of nitrogens with zero attached hydrogens (tertiary/aromatic N) is 1. The van der Waals surface area contributed by atoms with E-state index in [-0.39, 0.29) is 5.82 Å². The first-order chi connectivity index (χ1) is 8.75. The first kappa shape index (κ1) is 14.0. The molecule has 0 atom stereocenters. The maximum absolute atomic E-state index is 13.3. The number of hydrogen-bond donors (Lipinski definition) is 1. The molecule has 0 unspecified atom stereocenters. The summed E-state index contributed by atoms with van der Waals surface area (Å²) in [6.07, 6.45) is 4.04. The lowest BCUT2D eigenvalue weighted by molar-refractivity contribution is 0.229. The highest BCUT2D eigenvalue weighted by atomic mass is 79.9. The SMILES string of the molecule is Fc1cc(CNCCN2CCCCC2)ccc1Br. The number of piperidine rings is 1. The Hall–Kier alpha value is -0.450. The Bertz CT molecular complexity index is 378. The van der Waals surface area contributed by atoms with Crippen LogP contribution in [0, 0.1) is 5.82 Å². The minimum Gasteiger partial charge on any atom is -0.311 e. The van der Waals surface area contributed by atoms with Crippen LogP contribution in [0.25, 0.3) is 0 Å². The average Bonchev–Trinajstić information content (AvgIpc) is 2.40. The largest absolute Gasteiger partial charge is 0.311 e. The van der Waals surface area contributed by atoms with Crippen LogP contribution in [-0.2, 0) is 6.54 Å². The summed E-state index contributed by atoms with van der Waals surface area (Å²) in [7, 11) is 0. The molecule has 0 amide bonds. The highest BCUT2D eigenvalue weighted by Crippen LogP contribution is 2.16. The van der Waals surface area contributed by atoms with Gasteiger partial charge in [-0.3, -0.25) is 0 Å². The van der Waals surface area contributed by atoms with Crippen molar-refractivity contribution < 1.29 is 4.39 Å². The summed E-state index contributed by atoms with van der Waals surface area (Å²) >= 11 is 3.16. The van der Waals surface area contributed by atoms with Crippen molar-refractivity contribution in [2.24, 2.45) is 0 Å². The molecule has 1 aromatic carbocycles. The van der Waals surface area contributed by atoms with E-state index in [0.29, 0.717) is 4.47 Å². The topological polar surface area (TPSA) is 15.3 Å². The van der Waals surface area contributed by atoms with Crippen LogP contribution in [-0.4, -0.2) is 31.1 Å². The fraction of sp³-hybridized carbons (Fsp3) is 0.571. The molecular formula is C14H20BrFN2. The van der Waals surface area contributed by atoms with Gasteiger partial charge in [-0.05, 0) is 59.6 Å². The molecule has 4 heteroatoms. The summed E-state index contributed by atoms with van der Waals surface area (Å²) in [6.45, 7) is 5.26. The number of nitrogens with one attached hydrogen (secondary N) is 1. The van der Waals surface area contributed by atoms with Gasteiger partial charge in [0, 0.05) is 19.6 Å². The molecular weight excluding hydrogens is 295 g/mol. The van der Waals surface area contributed by atoms with Crippen LogP contribution in [0.1, 0.15) is 24.8 Å². The van der Waals surface area contributed by atoms with Gasteiger partial charge in [0.05, 0.1) is 4.47 Å². The zero-order valence-corrected chi connectivity index (χ0v) is 12.2. The third kappa shape index (κ3) is 4.34. The van der Waals surface area contributed by atoms with Gasteiger partial charge < -0.3 is 10.2 Å². The Morgan fingerprint density at radius 2 is 2.00 bits per heavy atom. The molecule has 0 saturated carbocycles. The van der Waals surface area contributed by atoms with Crippen LogP contribution in [0.5, 0.6) is 0 Å². The minimum absolute atomic E-state index is 0.190. The van der Waals surface area contributed by atoms with Crippen molar-refractivity contribution in [2.75, 3.05) is 26.2 Å². The predicted octanol–water partition coefficient (Wildman–Crippen LogP) is 3.16. The second kappa shape index (κ2) is 7.22. The molecule has 1 N–H and O–H groups in total.